The number of fused-ring (bicyclic) bond motifs is 1. The SMILES string of the molecule is Cc1c(OCC(F)(F)F)ccnc1CS(=O)c1nc2ccc(O[Si](C)(C)C(C)(C)C)cc2[nH]1. The van der Waals surface area contributed by atoms with Gasteiger partial charge in [-0.25, -0.2) is 4.98 Å². The zero-order chi connectivity index (χ0) is 24.6. The molecule has 6 nitrogen and oxygen atoms in total. The number of nitrogens with zero attached hydrogens (tertiary/aromatic N) is 2. The number of benzene rings is 1. The van der Waals surface area contributed by atoms with Crippen molar-refractivity contribution in [3.8, 4) is 11.5 Å². The van der Waals surface area contributed by atoms with E-state index < -0.39 is 31.9 Å². The molecule has 0 fully saturated rings. The summed E-state index contributed by atoms with van der Waals surface area (Å²) in [5, 5.41) is 0.309. The van der Waals surface area contributed by atoms with Crippen molar-refractivity contribution in [1.29, 1.82) is 0 Å². The highest BCUT2D eigenvalue weighted by molar-refractivity contribution is 7.84. The lowest BCUT2D eigenvalue weighted by molar-refractivity contribution is -0.153. The third kappa shape index (κ3) is 6.14. The molecule has 2 aromatic heterocycles. The number of H-pyrrole nitrogens is 1. The van der Waals surface area contributed by atoms with Gasteiger partial charge < -0.3 is 14.1 Å². The summed E-state index contributed by atoms with van der Waals surface area (Å²) in [7, 11) is -3.60. The zero-order valence-electron chi connectivity index (χ0n) is 19.5. The van der Waals surface area contributed by atoms with Gasteiger partial charge in [-0.2, -0.15) is 13.2 Å². The van der Waals surface area contributed by atoms with Crippen LogP contribution in [0, 0.1) is 6.92 Å². The van der Waals surface area contributed by atoms with Gasteiger partial charge in [0.25, 0.3) is 0 Å². The molecule has 0 aliphatic carbocycles. The molecule has 0 amide bonds. The molecule has 0 saturated carbocycles. The Hall–Kier alpha value is -2.40. The maximum atomic E-state index is 12.9. The minimum atomic E-state index is -4.44. The number of hydrogen-bond donors (Lipinski definition) is 1. The van der Waals surface area contributed by atoms with E-state index in [4.69, 9.17) is 9.16 Å². The van der Waals surface area contributed by atoms with E-state index in [0.29, 0.717) is 22.3 Å². The van der Waals surface area contributed by atoms with Gasteiger partial charge in [0, 0.05) is 17.8 Å². The van der Waals surface area contributed by atoms with E-state index in [0.717, 1.165) is 5.75 Å². The number of hydrogen-bond acceptors (Lipinski definition) is 5. The molecule has 1 unspecified atom stereocenters. The Labute approximate surface area is 194 Å². The molecular formula is C22H28F3N3O3SSi. The number of imidazole rings is 1. The zero-order valence-corrected chi connectivity index (χ0v) is 21.3. The molecule has 0 radical (unpaired) electrons. The average molecular weight is 500 g/mol. The Morgan fingerprint density at radius 2 is 1.85 bits per heavy atom. The molecule has 0 saturated heterocycles. The molecule has 1 atom stereocenters. The normalized spacial score (nSPS) is 13.8. The fourth-order valence-corrected chi connectivity index (χ4v) is 4.92. The summed E-state index contributed by atoms with van der Waals surface area (Å²) < 4.78 is 61.6. The Kier molecular flexibility index (Phi) is 6.95. The second kappa shape index (κ2) is 9.09. The fourth-order valence-electron chi connectivity index (χ4n) is 2.80. The summed E-state index contributed by atoms with van der Waals surface area (Å²) in [5.74, 6) is 0.774. The van der Waals surface area contributed by atoms with E-state index in [1.165, 1.54) is 12.3 Å². The van der Waals surface area contributed by atoms with Crippen LogP contribution in [0.4, 0.5) is 13.2 Å². The number of halogens is 3. The number of pyridine rings is 1. The van der Waals surface area contributed by atoms with E-state index in [1.807, 2.05) is 18.2 Å². The van der Waals surface area contributed by atoms with Crippen LogP contribution in [-0.2, 0) is 16.6 Å². The molecule has 1 N–H and O–H groups in total. The predicted molar refractivity (Wildman–Crippen MR) is 125 cm³/mol. The lowest BCUT2D eigenvalue weighted by atomic mass is 10.2. The number of aromatic amines is 1. The molecule has 0 spiro atoms. The van der Waals surface area contributed by atoms with Crippen LogP contribution in [0.1, 0.15) is 32.0 Å². The summed E-state index contributed by atoms with van der Waals surface area (Å²) in [6.45, 7) is 11.0. The van der Waals surface area contributed by atoms with Crippen LogP contribution in [0.5, 0.6) is 11.5 Å². The van der Waals surface area contributed by atoms with Crippen LogP contribution < -0.4 is 9.16 Å². The number of nitrogens with one attached hydrogen (secondary N) is 1. The van der Waals surface area contributed by atoms with E-state index in [1.54, 1.807) is 6.92 Å². The molecule has 3 aromatic rings. The molecule has 180 valence electrons. The van der Waals surface area contributed by atoms with Crippen LogP contribution in [0.15, 0.2) is 35.6 Å². The number of aromatic nitrogens is 3. The van der Waals surface area contributed by atoms with Crippen LogP contribution in [0.2, 0.25) is 18.1 Å². The summed E-state index contributed by atoms with van der Waals surface area (Å²) in [5.41, 5.74) is 2.14. The molecule has 0 aliphatic rings. The van der Waals surface area contributed by atoms with Gasteiger partial charge in [0.1, 0.15) is 11.5 Å². The van der Waals surface area contributed by atoms with E-state index in [2.05, 4.69) is 48.8 Å². The minimum absolute atomic E-state index is 0.0117. The third-order valence-electron chi connectivity index (χ3n) is 5.74. The highest BCUT2D eigenvalue weighted by atomic mass is 32.2. The number of rotatable bonds is 7. The molecule has 3 rings (SSSR count). The molecule has 1 aromatic carbocycles. The van der Waals surface area contributed by atoms with Gasteiger partial charge in [-0.15, -0.1) is 0 Å². The molecule has 0 aliphatic heterocycles. The monoisotopic (exact) mass is 499 g/mol. The first-order valence-corrected chi connectivity index (χ1v) is 14.6. The maximum Gasteiger partial charge on any atom is 0.422 e. The lowest BCUT2D eigenvalue weighted by Crippen LogP contribution is -2.43. The van der Waals surface area contributed by atoms with Crippen molar-refractivity contribution in [3.05, 3.63) is 41.7 Å². The van der Waals surface area contributed by atoms with Crippen LogP contribution in [0.3, 0.4) is 0 Å². The van der Waals surface area contributed by atoms with E-state index in [-0.39, 0.29) is 21.7 Å². The standard InChI is InChI=1S/C22H28F3N3O3SSi/c1-14-18(26-10-9-19(14)30-13-22(23,24)25)12-32(29)20-27-16-8-7-15(11-17(16)28-20)31-33(5,6)21(2,3)4/h7-11H,12-13H2,1-6H3,(H,27,28). The maximum absolute atomic E-state index is 12.9. The Morgan fingerprint density at radius 1 is 1.15 bits per heavy atom. The largest absolute Gasteiger partial charge is 0.543 e. The number of alkyl halides is 3. The summed E-state index contributed by atoms with van der Waals surface area (Å²) in [6, 6.07) is 6.87. The van der Waals surface area contributed by atoms with Crippen LogP contribution in [-0.4, -0.2) is 40.3 Å². The summed E-state index contributed by atoms with van der Waals surface area (Å²) >= 11 is 0. The molecule has 2 heterocycles. The molecule has 0 bridgehead atoms. The Balaban J connectivity index is 1.78. The Morgan fingerprint density at radius 3 is 2.48 bits per heavy atom. The fraction of sp³-hybridized carbons (Fsp3) is 0.455. The van der Waals surface area contributed by atoms with Gasteiger partial charge in [0.15, 0.2) is 11.8 Å². The highest BCUT2D eigenvalue weighted by Crippen LogP contribution is 2.37. The first-order chi connectivity index (χ1) is 15.2. The van der Waals surface area contributed by atoms with E-state index >= 15 is 0 Å². The van der Waals surface area contributed by atoms with Crippen LogP contribution in [0.25, 0.3) is 11.0 Å². The van der Waals surface area contributed by atoms with Crippen molar-refractivity contribution in [2.24, 2.45) is 0 Å². The molecule has 11 heteroatoms. The number of ether oxygens (including phenoxy) is 1. The highest BCUT2D eigenvalue weighted by Gasteiger charge is 2.39. The Bertz CT molecular complexity index is 1170. The van der Waals surface area contributed by atoms with Gasteiger partial charge in [-0.05, 0) is 43.3 Å². The first-order valence-electron chi connectivity index (χ1n) is 10.4. The quantitative estimate of drug-likeness (QED) is 0.410. The minimum Gasteiger partial charge on any atom is -0.543 e. The van der Waals surface area contributed by atoms with Gasteiger partial charge in [0.05, 0.1) is 33.3 Å². The second-order valence-corrected chi connectivity index (χ2v) is 15.4. The van der Waals surface area contributed by atoms with Gasteiger partial charge >= 0.3 is 6.18 Å². The van der Waals surface area contributed by atoms with Crippen molar-refractivity contribution in [2.45, 2.75) is 62.9 Å². The molecule has 33 heavy (non-hydrogen) atoms. The topological polar surface area (TPSA) is 77.1 Å². The smallest absolute Gasteiger partial charge is 0.422 e. The summed E-state index contributed by atoms with van der Waals surface area (Å²) in [4.78, 5) is 11.7. The van der Waals surface area contributed by atoms with Crippen molar-refractivity contribution in [1.82, 2.24) is 15.0 Å². The van der Waals surface area contributed by atoms with Crippen molar-refractivity contribution >= 4 is 30.2 Å². The lowest BCUT2D eigenvalue weighted by Gasteiger charge is -2.36. The van der Waals surface area contributed by atoms with Crippen molar-refractivity contribution in [2.75, 3.05) is 6.61 Å². The van der Waals surface area contributed by atoms with Gasteiger partial charge in [0.2, 0.25) is 8.32 Å². The first kappa shape index (κ1) is 25.2. The summed E-state index contributed by atoms with van der Waals surface area (Å²) in [6.07, 6.45) is -3.10. The third-order valence-corrected chi connectivity index (χ3v) is 11.3. The van der Waals surface area contributed by atoms with Crippen molar-refractivity contribution < 1.29 is 26.5 Å². The van der Waals surface area contributed by atoms with Gasteiger partial charge in [-0.3, -0.25) is 9.19 Å². The predicted octanol–water partition coefficient (Wildman–Crippen LogP) is 5.90. The van der Waals surface area contributed by atoms with Crippen molar-refractivity contribution in [3.63, 3.8) is 0 Å². The van der Waals surface area contributed by atoms with Crippen LogP contribution >= 0.6 is 0 Å². The van der Waals surface area contributed by atoms with E-state index in [9.17, 15) is 17.4 Å². The second-order valence-electron chi connectivity index (χ2n) is 9.36. The molecular weight excluding hydrogens is 471 g/mol. The van der Waals surface area contributed by atoms with Gasteiger partial charge in [-0.1, -0.05) is 20.8 Å². The average Bonchev–Trinajstić information content (AvgIpc) is 3.10.